The molecule has 8 heteroatoms. The van der Waals surface area contributed by atoms with Crippen molar-refractivity contribution in [1.82, 2.24) is 0 Å². The molecule has 2 nitrogen and oxygen atoms in total. The number of aryl methyl sites for hydroxylation is 4. The lowest BCUT2D eigenvalue weighted by molar-refractivity contribution is 0.667. The molecule has 0 aliphatic carbocycles. The minimum absolute atomic E-state index is 0.727. The molecule has 2 aromatic heterocycles. The number of hydrogen-bond donors (Lipinski definition) is 0. The van der Waals surface area contributed by atoms with Gasteiger partial charge in [-0.15, -0.1) is 46.2 Å². The highest BCUT2D eigenvalue weighted by molar-refractivity contribution is 8.02. The van der Waals surface area contributed by atoms with Gasteiger partial charge in [0, 0.05) is 32.1 Å². The van der Waals surface area contributed by atoms with Crippen LogP contribution >= 0.6 is 46.2 Å². The summed E-state index contributed by atoms with van der Waals surface area (Å²) in [6.07, 6.45) is 33.1. The molecule has 0 amide bonds. The molecule has 2 unspecified atom stereocenters. The third kappa shape index (κ3) is 16.7. The Morgan fingerprint density at radius 2 is 0.588 bits per heavy atom. The molecule has 0 aliphatic heterocycles. The van der Waals surface area contributed by atoms with E-state index in [-0.39, 0.29) is 0 Å². The Morgan fingerprint density at radius 1 is 0.353 bits per heavy atom. The van der Waals surface area contributed by atoms with Gasteiger partial charge in [-0.1, -0.05) is 202 Å². The summed E-state index contributed by atoms with van der Waals surface area (Å²) in [6.45, 7) is 9.03. The van der Waals surface area contributed by atoms with Crippen LogP contribution in [0.4, 0.5) is 0 Å². The predicted molar refractivity (Wildman–Crippen MR) is 310 cm³/mol. The highest BCUT2D eigenvalue weighted by Crippen LogP contribution is 2.50. The first kappa shape index (κ1) is 56.2. The Labute approximate surface area is 434 Å². The van der Waals surface area contributed by atoms with E-state index in [1.54, 1.807) is 23.8 Å². The SMILES string of the molecule is CCCCCCc1ccc(-c2sc(-c3ccc(CCCCCC)cc3)c(S(C)=O)c2S(C)=O)cc1.CCCCCCc1ccc(-c2sc(-c3ccc(CCCCCC)cc3)c(SC)c2SC)cc1. The van der Waals surface area contributed by atoms with E-state index in [0.717, 1.165) is 43.5 Å². The summed E-state index contributed by atoms with van der Waals surface area (Å²) >= 11 is 7.36. The molecule has 6 aromatic rings. The zero-order valence-corrected chi connectivity index (χ0v) is 47.5. The standard InChI is InChI=1S/C30H40O2S3.C30H40S3/c1-5-7-9-11-13-23-15-19-25(20-16-23)27-29(34(3)31)30(35(4)32)28(33-27)26-21-17-24(18-22-26)14-12-10-8-6-2;1-5-7-9-11-13-23-15-19-25(20-16-23)27-29(31-3)30(32-4)28(33-27)26-21-17-24(18-22-26)14-12-10-8-6-2/h15-22H,5-14H2,1-4H3;15-22H,5-14H2,1-4H3. The van der Waals surface area contributed by atoms with E-state index in [2.05, 4.69) is 137 Å². The van der Waals surface area contributed by atoms with Crippen molar-refractivity contribution in [2.75, 3.05) is 25.0 Å². The summed E-state index contributed by atoms with van der Waals surface area (Å²) in [5.41, 5.74) is 10.5. The molecule has 0 fully saturated rings. The maximum Gasteiger partial charge on any atom is 0.0739 e. The summed E-state index contributed by atoms with van der Waals surface area (Å²) in [4.78, 5) is 9.12. The Balaban J connectivity index is 0.000000255. The first-order chi connectivity index (χ1) is 33.2. The zero-order chi connectivity index (χ0) is 48.7. The fraction of sp³-hybridized carbons (Fsp3) is 0.467. The summed E-state index contributed by atoms with van der Waals surface area (Å²) in [5.74, 6) is 0. The smallest absolute Gasteiger partial charge is 0.0739 e. The van der Waals surface area contributed by atoms with Gasteiger partial charge in [0.15, 0.2) is 0 Å². The van der Waals surface area contributed by atoms with Crippen LogP contribution in [0.15, 0.2) is 117 Å². The number of benzene rings is 4. The molecular weight excluding hydrogens is 945 g/mol. The van der Waals surface area contributed by atoms with E-state index in [0.29, 0.717) is 0 Å². The van der Waals surface area contributed by atoms with Crippen molar-refractivity contribution >= 4 is 67.8 Å². The number of thiophene rings is 2. The van der Waals surface area contributed by atoms with E-state index in [4.69, 9.17) is 0 Å². The van der Waals surface area contributed by atoms with Gasteiger partial charge in [0.1, 0.15) is 0 Å². The lowest BCUT2D eigenvalue weighted by Gasteiger charge is -2.07. The molecule has 2 atom stereocenters. The first-order valence-electron chi connectivity index (χ1n) is 25.6. The van der Waals surface area contributed by atoms with E-state index >= 15 is 0 Å². The molecule has 0 spiro atoms. The second-order valence-corrected chi connectivity index (χ2v) is 24.5. The highest BCUT2D eigenvalue weighted by Gasteiger charge is 2.26. The lowest BCUT2D eigenvalue weighted by atomic mass is 10.0. The van der Waals surface area contributed by atoms with Gasteiger partial charge >= 0.3 is 0 Å². The maximum absolute atomic E-state index is 12.9. The average molecular weight is 1030 g/mol. The molecule has 0 radical (unpaired) electrons. The number of rotatable bonds is 28. The Kier molecular flexibility index (Phi) is 25.5. The Hall–Kier alpha value is -2.72. The Bertz CT molecular complexity index is 2240. The van der Waals surface area contributed by atoms with Crippen molar-refractivity contribution in [3.8, 4) is 41.8 Å². The van der Waals surface area contributed by atoms with Gasteiger partial charge in [0.05, 0.1) is 41.1 Å². The molecule has 368 valence electrons. The molecule has 0 aliphatic rings. The maximum atomic E-state index is 12.9. The van der Waals surface area contributed by atoms with Gasteiger partial charge in [-0.05, 0) is 108 Å². The van der Waals surface area contributed by atoms with Crippen LogP contribution in [0.2, 0.25) is 0 Å². The monoisotopic (exact) mass is 1020 g/mol. The van der Waals surface area contributed by atoms with Crippen molar-refractivity contribution in [3.05, 3.63) is 119 Å². The van der Waals surface area contributed by atoms with E-state index < -0.39 is 21.6 Å². The second kappa shape index (κ2) is 30.9. The van der Waals surface area contributed by atoms with Gasteiger partial charge < -0.3 is 0 Å². The van der Waals surface area contributed by atoms with Crippen molar-refractivity contribution < 1.29 is 8.42 Å². The van der Waals surface area contributed by atoms with Gasteiger partial charge in [0.2, 0.25) is 0 Å². The van der Waals surface area contributed by atoms with Crippen LogP contribution in [0.25, 0.3) is 41.8 Å². The largest absolute Gasteiger partial charge is 0.255 e. The third-order valence-electron chi connectivity index (χ3n) is 12.8. The van der Waals surface area contributed by atoms with Gasteiger partial charge in [-0.2, -0.15) is 0 Å². The predicted octanol–water partition coefficient (Wildman–Crippen LogP) is 19.6. The topological polar surface area (TPSA) is 34.1 Å². The molecule has 0 bridgehead atoms. The number of unbranched alkanes of at least 4 members (excludes halogenated alkanes) is 12. The molecule has 68 heavy (non-hydrogen) atoms. The molecular formula is C60H80O2S6. The normalized spacial score (nSPS) is 12.2. The summed E-state index contributed by atoms with van der Waals surface area (Å²) in [6, 6.07) is 36.1. The van der Waals surface area contributed by atoms with Crippen LogP contribution in [0.5, 0.6) is 0 Å². The molecule has 2 heterocycles. The van der Waals surface area contributed by atoms with Gasteiger partial charge in [-0.3, -0.25) is 8.42 Å². The summed E-state index contributed by atoms with van der Waals surface area (Å²) in [5, 5.41) is 0. The van der Waals surface area contributed by atoms with Crippen LogP contribution in [0, 0.1) is 0 Å². The van der Waals surface area contributed by atoms with Crippen molar-refractivity contribution in [2.24, 2.45) is 0 Å². The third-order valence-corrected chi connectivity index (χ3v) is 19.7. The van der Waals surface area contributed by atoms with E-state index in [9.17, 15) is 8.42 Å². The number of thioether (sulfide) groups is 2. The first-order valence-corrected chi connectivity index (χ1v) is 32.8. The quantitative estimate of drug-likeness (QED) is 0.0362. The number of hydrogen-bond acceptors (Lipinski definition) is 6. The van der Waals surface area contributed by atoms with Crippen LogP contribution < -0.4 is 0 Å². The van der Waals surface area contributed by atoms with Crippen LogP contribution in [0.3, 0.4) is 0 Å². The van der Waals surface area contributed by atoms with Gasteiger partial charge in [0.25, 0.3) is 0 Å². The minimum atomic E-state index is -1.23. The Morgan fingerprint density at radius 3 is 0.809 bits per heavy atom. The van der Waals surface area contributed by atoms with Crippen LogP contribution in [-0.2, 0) is 47.3 Å². The summed E-state index contributed by atoms with van der Waals surface area (Å²) in [7, 11) is -2.46. The highest BCUT2D eigenvalue weighted by atomic mass is 32.2. The molecule has 4 aromatic carbocycles. The fourth-order valence-corrected chi connectivity index (χ4v) is 16.8. The van der Waals surface area contributed by atoms with Crippen molar-refractivity contribution in [3.63, 3.8) is 0 Å². The molecule has 6 rings (SSSR count). The minimum Gasteiger partial charge on any atom is -0.255 e. The lowest BCUT2D eigenvalue weighted by Crippen LogP contribution is -1.97. The van der Waals surface area contributed by atoms with Crippen molar-refractivity contribution in [2.45, 2.75) is 176 Å². The fourth-order valence-electron chi connectivity index (χ4n) is 8.77. The van der Waals surface area contributed by atoms with E-state index in [1.165, 1.54) is 169 Å². The molecule has 0 saturated carbocycles. The zero-order valence-electron chi connectivity index (χ0n) is 42.6. The van der Waals surface area contributed by atoms with E-state index in [1.807, 2.05) is 34.9 Å². The summed E-state index contributed by atoms with van der Waals surface area (Å²) < 4.78 is 25.8. The van der Waals surface area contributed by atoms with Crippen LogP contribution in [-0.4, -0.2) is 33.4 Å². The second-order valence-electron chi connectivity index (χ2n) is 18.2. The average Bonchev–Trinajstić information content (AvgIpc) is 3.96. The molecule has 0 saturated heterocycles. The van der Waals surface area contributed by atoms with Crippen LogP contribution in [0.1, 0.15) is 153 Å². The van der Waals surface area contributed by atoms with Gasteiger partial charge in [-0.25, -0.2) is 0 Å². The molecule has 0 N–H and O–H groups in total. The van der Waals surface area contributed by atoms with Crippen molar-refractivity contribution in [1.29, 1.82) is 0 Å².